The van der Waals surface area contributed by atoms with Crippen LogP contribution in [0.15, 0.2) is 11.6 Å². The summed E-state index contributed by atoms with van der Waals surface area (Å²) in [7, 11) is 1.41. The van der Waals surface area contributed by atoms with Gasteiger partial charge in [0.2, 0.25) is 0 Å². The predicted molar refractivity (Wildman–Crippen MR) is 80.9 cm³/mol. The van der Waals surface area contributed by atoms with Crippen LogP contribution in [-0.2, 0) is 23.7 Å². The van der Waals surface area contributed by atoms with Gasteiger partial charge in [-0.3, -0.25) is 4.79 Å². The lowest BCUT2D eigenvalue weighted by Gasteiger charge is -2.43. The molecule has 5 heteroatoms. The summed E-state index contributed by atoms with van der Waals surface area (Å²) in [5.74, 6) is 4.65. The van der Waals surface area contributed by atoms with Crippen LogP contribution in [0.5, 0.6) is 0 Å². The maximum atomic E-state index is 12.4. The van der Waals surface area contributed by atoms with Crippen molar-refractivity contribution in [2.75, 3.05) is 33.5 Å². The molecule has 0 bridgehead atoms. The Kier molecular flexibility index (Phi) is 5.28. The quantitative estimate of drug-likeness (QED) is 0.344. The van der Waals surface area contributed by atoms with E-state index in [9.17, 15) is 4.79 Å². The Bertz CT molecular complexity index is 507. The number of ether oxygens (including phenoxy) is 4. The van der Waals surface area contributed by atoms with E-state index in [4.69, 9.17) is 18.9 Å². The van der Waals surface area contributed by atoms with Gasteiger partial charge in [-0.25, -0.2) is 0 Å². The van der Waals surface area contributed by atoms with Crippen LogP contribution in [0.3, 0.4) is 0 Å². The Morgan fingerprint density at radius 3 is 2.73 bits per heavy atom. The summed E-state index contributed by atoms with van der Waals surface area (Å²) in [4.78, 5) is 12.4. The minimum atomic E-state index is -0.741. The Hall–Kier alpha value is -1.35. The maximum absolute atomic E-state index is 12.4. The molecule has 2 atom stereocenters. The number of carbonyl (C=O) groups excluding carboxylic acids is 1. The number of hydrogen-bond acceptors (Lipinski definition) is 5. The van der Waals surface area contributed by atoms with Crippen molar-refractivity contribution in [3.8, 4) is 11.8 Å². The topological polar surface area (TPSA) is 54.0 Å². The molecule has 2 rings (SSSR count). The molecule has 1 fully saturated rings. The average Bonchev–Trinajstić information content (AvgIpc) is 2.95. The normalized spacial score (nSPS) is 29.6. The van der Waals surface area contributed by atoms with Gasteiger partial charge in [-0.1, -0.05) is 12.8 Å². The highest BCUT2D eigenvalue weighted by Gasteiger charge is 2.52. The molecule has 22 heavy (non-hydrogen) atoms. The van der Waals surface area contributed by atoms with Gasteiger partial charge in [-0.05, 0) is 31.4 Å². The minimum Gasteiger partial charge on any atom is -0.468 e. The van der Waals surface area contributed by atoms with Gasteiger partial charge in [0.1, 0.15) is 6.61 Å². The number of methoxy groups -OCH3 is 1. The molecule has 0 radical (unpaired) electrons. The molecule has 2 aliphatic rings. The molecule has 1 spiro atoms. The second kappa shape index (κ2) is 6.82. The van der Waals surface area contributed by atoms with Gasteiger partial charge in [0.25, 0.3) is 0 Å². The van der Waals surface area contributed by atoms with Crippen molar-refractivity contribution in [1.82, 2.24) is 0 Å². The molecule has 1 aliphatic carbocycles. The van der Waals surface area contributed by atoms with Gasteiger partial charge in [0.05, 0.1) is 32.3 Å². The molecule has 0 aromatic rings. The monoisotopic (exact) mass is 308 g/mol. The maximum Gasteiger partial charge on any atom is 0.316 e. The van der Waals surface area contributed by atoms with Crippen LogP contribution >= 0.6 is 0 Å². The fourth-order valence-electron chi connectivity index (χ4n) is 3.11. The summed E-state index contributed by atoms with van der Waals surface area (Å²) in [5, 5.41) is 0. The first kappa shape index (κ1) is 17.0. The second-order valence-corrected chi connectivity index (χ2v) is 5.90. The molecule has 1 heterocycles. The summed E-state index contributed by atoms with van der Waals surface area (Å²) in [6.07, 6.45) is 2.52. The summed E-state index contributed by atoms with van der Waals surface area (Å²) in [6, 6.07) is 0. The average molecular weight is 308 g/mol. The van der Waals surface area contributed by atoms with E-state index in [1.165, 1.54) is 7.11 Å². The van der Waals surface area contributed by atoms with Crippen LogP contribution in [0, 0.1) is 23.2 Å². The first-order chi connectivity index (χ1) is 10.5. The highest BCUT2D eigenvalue weighted by molar-refractivity contribution is 5.81. The molecule has 1 saturated heterocycles. The predicted octanol–water partition coefficient (Wildman–Crippen LogP) is 1.91. The number of hydrogen-bond donors (Lipinski definition) is 0. The standard InChI is InChI=1S/C17H24O5/c1-5-6-7-20-12-14-11-17(21-8-9-22-17)10-13(2)16(14,3)15(18)19-4/h11,13H,7-10,12H2,1-4H3/t13-,16+/m0/s1. The highest BCUT2D eigenvalue weighted by atomic mass is 16.7. The highest BCUT2D eigenvalue weighted by Crippen LogP contribution is 2.48. The Balaban J connectivity index is 2.29. The third-order valence-electron chi connectivity index (χ3n) is 4.63. The zero-order valence-corrected chi connectivity index (χ0v) is 13.7. The van der Waals surface area contributed by atoms with Crippen molar-refractivity contribution >= 4 is 5.97 Å². The third kappa shape index (κ3) is 3.05. The van der Waals surface area contributed by atoms with Crippen LogP contribution in [-0.4, -0.2) is 45.3 Å². The van der Waals surface area contributed by atoms with Crippen LogP contribution < -0.4 is 0 Å². The first-order valence-electron chi connectivity index (χ1n) is 7.54. The van der Waals surface area contributed by atoms with Crippen molar-refractivity contribution in [2.45, 2.75) is 33.0 Å². The summed E-state index contributed by atoms with van der Waals surface area (Å²) in [6.45, 7) is 7.43. The van der Waals surface area contributed by atoms with E-state index in [1.54, 1.807) is 6.92 Å². The van der Waals surface area contributed by atoms with E-state index in [1.807, 2.05) is 19.9 Å². The molecule has 0 saturated carbocycles. The zero-order valence-electron chi connectivity index (χ0n) is 13.7. The van der Waals surface area contributed by atoms with Crippen LogP contribution in [0.4, 0.5) is 0 Å². The Morgan fingerprint density at radius 2 is 2.14 bits per heavy atom. The lowest BCUT2D eigenvalue weighted by atomic mass is 9.65. The molecule has 0 aromatic carbocycles. The number of carbonyl (C=O) groups is 1. The Morgan fingerprint density at radius 1 is 1.45 bits per heavy atom. The Labute approximate surface area is 131 Å². The second-order valence-electron chi connectivity index (χ2n) is 5.90. The van der Waals surface area contributed by atoms with Crippen molar-refractivity contribution < 1.29 is 23.7 Å². The smallest absolute Gasteiger partial charge is 0.316 e. The van der Waals surface area contributed by atoms with E-state index in [2.05, 4.69) is 11.8 Å². The fourth-order valence-corrected chi connectivity index (χ4v) is 3.11. The molecular weight excluding hydrogens is 284 g/mol. The van der Waals surface area contributed by atoms with Gasteiger partial charge in [-0.15, -0.1) is 5.92 Å². The van der Waals surface area contributed by atoms with E-state index in [0.29, 0.717) is 32.8 Å². The summed E-state index contributed by atoms with van der Waals surface area (Å²) in [5.41, 5.74) is 0.0903. The molecule has 122 valence electrons. The van der Waals surface area contributed by atoms with Crippen LogP contribution in [0.2, 0.25) is 0 Å². The molecule has 5 nitrogen and oxygen atoms in total. The molecule has 0 N–H and O–H groups in total. The van der Waals surface area contributed by atoms with Crippen LogP contribution in [0.25, 0.3) is 0 Å². The van der Waals surface area contributed by atoms with Crippen molar-refractivity contribution in [2.24, 2.45) is 11.3 Å². The minimum absolute atomic E-state index is 0.0129. The van der Waals surface area contributed by atoms with Crippen molar-refractivity contribution in [3.05, 3.63) is 11.6 Å². The largest absolute Gasteiger partial charge is 0.468 e. The fraction of sp³-hybridized carbons (Fsp3) is 0.706. The number of rotatable bonds is 4. The zero-order chi connectivity index (χ0) is 16.2. The van der Waals surface area contributed by atoms with E-state index < -0.39 is 11.2 Å². The molecular formula is C17H24O5. The number of esters is 1. The third-order valence-corrected chi connectivity index (χ3v) is 4.63. The lowest BCUT2D eigenvalue weighted by Crippen LogP contribution is -2.48. The van der Waals surface area contributed by atoms with Gasteiger partial charge in [0.15, 0.2) is 5.79 Å². The van der Waals surface area contributed by atoms with E-state index in [0.717, 1.165) is 5.57 Å². The van der Waals surface area contributed by atoms with E-state index >= 15 is 0 Å². The van der Waals surface area contributed by atoms with Gasteiger partial charge in [0, 0.05) is 6.42 Å². The van der Waals surface area contributed by atoms with Gasteiger partial charge in [-0.2, -0.15) is 0 Å². The first-order valence-corrected chi connectivity index (χ1v) is 7.54. The van der Waals surface area contributed by atoms with Crippen molar-refractivity contribution in [3.63, 3.8) is 0 Å². The van der Waals surface area contributed by atoms with Crippen molar-refractivity contribution in [1.29, 1.82) is 0 Å². The van der Waals surface area contributed by atoms with E-state index in [-0.39, 0.29) is 11.9 Å². The van der Waals surface area contributed by atoms with Gasteiger partial charge < -0.3 is 18.9 Å². The molecule has 0 aromatic heterocycles. The SMILES string of the molecule is CC#CCOCC1=CC2(C[C@H](C)[C@@]1(C)C(=O)OC)OCCO2. The molecule has 0 amide bonds. The van der Waals surface area contributed by atoms with Crippen LogP contribution in [0.1, 0.15) is 27.2 Å². The van der Waals surface area contributed by atoms with Gasteiger partial charge >= 0.3 is 5.97 Å². The molecule has 0 unspecified atom stereocenters. The summed E-state index contributed by atoms with van der Waals surface area (Å²) < 4.78 is 22.2. The summed E-state index contributed by atoms with van der Waals surface area (Å²) >= 11 is 0. The molecule has 1 aliphatic heterocycles. The lowest BCUT2D eigenvalue weighted by molar-refractivity contribution is -0.167.